The fourth-order valence-electron chi connectivity index (χ4n) is 1.63. The first-order valence-electron chi connectivity index (χ1n) is 6.05. The predicted octanol–water partition coefficient (Wildman–Crippen LogP) is 3.08. The molecule has 1 aliphatic carbocycles. The first kappa shape index (κ1) is 12.8. The molecular weight excluding hydrogens is 282 g/mol. The standard InChI is InChI=1S/C12H18BrN3O/c1-3-6-14-12-10(13)9(7-17-2)15-11(16-12)8-4-5-8/h8H,3-7H2,1-2H3,(H,14,15,16). The summed E-state index contributed by atoms with van der Waals surface area (Å²) in [7, 11) is 1.69. The van der Waals surface area contributed by atoms with Crippen LogP contribution in [0.3, 0.4) is 0 Å². The first-order valence-corrected chi connectivity index (χ1v) is 6.84. The summed E-state index contributed by atoms with van der Waals surface area (Å²) in [6.07, 6.45) is 3.50. The highest BCUT2D eigenvalue weighted by atomic mass is 79.9. The van der Waals surface area contributed by atoms with Gasteiger partial charge in [-0.25, -0.2) is 9.97 Å². The van der Waals surface area contributed by atoms with Crippen LogP contribution >= 0.6 is 15.9 Å². The molecule has 1 aromatic rings. The van der Waals surface area contributed by atoms with Gasteiger partial charge in [0, 0.05) is 19.6 Å². The molecule has 0 atom stereocenters. The van der Waals surface area contributed by atoms with Crippen LogP contribution in [0.1, 0.15) is 43.6 Å². The zero-order valence-electron chi connectivity index (χ0n) is 10.3. The average molecular weight is 300 g/mol. The normalized spacial score (nSPS) is 15.0. The number of aromatic nitrogens is 2. The zero-order chi connectivity index (χ0) is 12.3. The van der Waals surface area contributed by atoms with Gasteiger partial charge in [-0.2, -0.15) is 0 Å². The maximum Gasteiger partial charge on any atom is 0.144 e. The first-order chi connectivity index (χ1) is 8.26. The van der Waals surface area contributed by atoms with Gasteiger partial charge in [0.1, 0.15) is 11.6 Å². The van der Waals surface area contributed by atoms with Gasteiger partial charge in [0.25, 0.3) is 0 Å². The summed E-state index contributed by atoms with van der Waals surface area (Å²) >= 11 is 3.55. The molecule has 94 valence electrons. The molecule has 0 bridgehead atoms. The van der Waals surface area contributed by atoms with Crippen molar-refractivity contribution in [1.82, 2.24) is 9.97 Å². The third-order valence-electron chi connectivity index (χ3n) is 2.70. The molecule has 0 saturated heterocycles. The number of hydrogen-bond acceptors (Lipinski definition) is 4. The number of nitrogens with one attached hydrogen (secondary N) is 1. The van der Waals surface area contributed by atoms with Crippen LogP contribution in [0.15, 0.2) is 4.47 Å². The lowest BCUT2D eigenvalue weighted by Crippen LogP contribution is -2.09. The number of methoxy groups -OCH3 is 1. The summed E-state index contributed by atoms with van der Waals surface area (Å²) in [5.41, 5.74) is 0.933. The van der Waals surface area contributed by atoms with E-state index < -0.39 is 0 Å². The highest BCUT2D eigenvalue weighted by Crippen LogP contribution is 2.39. The molecule has 0 spiro atoms. The lowest BCUT2D eigenvalue weighted by atomic mass is 10.3. The van der Waals surface area contributed by atoms with Gasteiger partial charge < -0.3 is 10.1 Å². The molecule has 5 heteroatoms. The van der Waals surface area contributed by atoms with Gasteiger partial charge in [0.2, 0.25) is 0 Å². The summed E-state index contributed by atoms with van der Waals surface area (Å²) in [5, 5.41) is 3.33. The minimum Gasteiger partial charge on any atom is -0.378 e. The highest BCUT2D eigenvalue weighted by molar-refractivity contribution is 9.10. The number of rotatable bonds is 6. The second kappa shape index (κ2) is 5.78. The number of nitrogens with zero attached hydrogens (tertiary/aromatic N) is 2. The summed E-state index contributed by atoms with van der Waals surface area (Å²) in [5.74, 6) is 2.41. The van der Waals surface area contributed by atoms with Crippen molar-refractivity contribution in [2.75, 3.05) is 19.0 Å². The molecule has 0 unspecified atom stereocenters. The lowest BCUT2D eigenvalue weighted by Gasteiger charge is -2.12. The van der Waals surface area contributed by atoms with E-state index in [9.17, 15) is 0 Å². The van der Waals surface area contributed by atoms with E-state index in [0.29, 0.717) is 12.5 Å². The third-order valence-corrected chi connectivity index (χ3v) is 3.54. The topological polar surface area (TPSA) is 47.0 Å². The van der Waals surface area contributed by atoms with E-state index in [-0.39, 0.29) is 0 Å². The maximum atomic E-state index is 5.18. The molecule has 0 aromatic carbocycles. The van der Waals surface area contributed by atoms with Crippen molar-refractivity contribution in [3.8, 4) is 0 Å². The third kappa shape index (κ3) is 3.16. The van der Waals surface area contributed by atoms with E-state index in [0.717, 1.165) is 34.8 Å². The van der Waals surface area contributed by atoms with Crippen LogP contribution in [-0.2, 0) is 11.3 Å². The molecule has 1 saturated carbocycles. The summed E-state index contributed by atoms with van der Waals surface area (Å²) in [6, 6.07) is 0. The Labute approximate surface area is 110 Å². The van der Waals surface area contributed by atoms with Crippen LogP contribution in [0.4, 0.5) is 5.82 Å². The number of hydrogen-bond donors (Lipinski definition) is 1. The maximum absolute atomic E-state index is 5.18. The average Bonchev–Trinajstić information content (AvgIpc) is 3.14. The Morgan fingerprint density at radius 1 is 1.41 bits per heavy atom. The van der Waals surface area contributed by atoms with E-state index >= 15 is 0 Å². The van der Waals surface area contributed by atoms with Crippen LogP contribution in [0.5, 0.6) is 0 Å². The molecule has 17 heavy (non-hydrogen) atoms. The van der Waals surface area contributed by atoms with Crippen LogP contribution < -0.4 is 5.32 Å². The highest BCUT2D eigenvalue weighted by Gasteiger charge is 2.28. The minimum absolute atomic E-state index is 0.517. The Bertz CT molecular complexity index is 394. The van der Waals surface area contributed by atoms with Crippen molar-refractivity contribution in [2.24, 2.45) is 0 Å². The van der Waals surface area contributed by atoms with E-state index in [1.807, 2.05) is 0 Å². The molecular formula is C12H18BrN3O. The van der Waals surface area contributed by atoms with E-state index in [2.05, 4.69) is 38.1 Å². The molecule has 0 amide bonds. The SMILES string of the molecule is CCCNc1nc(C2CC2)nc(COC)c1Br. The molecule has 1 fully saturated rings. The summed E-state index contributed by atoms with van der Waals surface area (Å²) < 4.78 is 6.10. The molecule has 1 N–H and O–H groups in total. The lowest BCUT2D eigenvalue weighted by molar-refractivity contribution is 0.180. The second-order valence-corrected chi connectivity index (χ2v) is 5.12. The smallest absolute Gasteiger partial charge is 0.144 e. The van der Waals surface area contributed by atoms with Crippen molar-refractivity contribution < 1.29 is 4.74 Å². The van der Waals surface area contributed by atoms with Crippen LogP contribution in [-0.4, -0.2) is 23.6 Å². The van der Waals surface area contributed by atoms with Crippen molar-refractivity contribution in [3.05, 3.63) is 16.0 Å². The van der Waals surface area contributed by atoms with E-state index in [1.54, 1.807) is 7.11 Å². The van der Waals surface area contributed by atoms with Gasteiger partial charge in [0.15, 0.2) is 0 Å². The molecule has 4 nitrogen and oxygen atoms in total. The van der Waals surface area contributed by atoms with Gasteiger partial charge in [-0.15, -0.1) is 0 Å². The number of anilines is 1. The molecule has 0 radical (unpaired) electrons. The van der Waals surface area contributed by atoms with Crippen LogP contribution in [0.2, 0.25) is 0 Å². The van der Waals surface area contributed by atoms with Crippen molar-refractivity contribution >= 4 is 21.7 Å². The Morgan fingerprint density at radius 3 is 2.76 bits per heavy atom. The van der Waals surface area contributed by atoms with Crippen molar-refractivity contribution in [1.29, 1.82) is 0 Å². The van der Waals surface area contributed by atoms with Gasteiger partial charge in [-0.05, 0) is 35.2 Å². The van der Waals surface area contributed by atoms with Gasteiger partial charge >= 0.3 is 0 Å². The fourth-order valence-corrected chi connectivity index (χ4v) is 2.06. The Balaban J connectivity index is 2.27. The Morgan fingerprint density at radius 2 is 2.18 bits per heavy atom. The predicted molar refractivity (Wildman–Crippen MR) is 71.2 cm³/mol. The quantitative estimate of drug-likeness (QED) is 0.877. The largest absolute Gasteiger partial charge is 0.378 e. The van der Waals surface area contributed by atoms with Crippen molar-refractivity contribution in [3.63, 3.8) is 0 Å². The fraction of sp³-hybridized carbons (Fsp3) is 0.667. The Kier molecular flexibility index (Phi) is 4.34. The van der Waals surface area contributed by atoms with E-state index in [4.69, 9.17) is 4.74 Å². The summed E-state index contributed by atoms with van der Waals surface area (Å²) in [4.78, 5) is 9.16. The molecule has 1 aromatic heterocycles. The molecule has 1 aliphatic rings. The van der Waals surface area contributed by atoms with E-state index in [1.165, 1.54) is 12.8 Å². The number of ether oxygens (including phenoxy) is 1. The zero-order valence-corrected chi connectivity index (χ0v) is 11.9. The second-order valence-electron chi connectivity index (χ2n) is 4.33. The van der Waals surface area contributed by atoms with Crippen LogP contribution in [0.25, 0.3) is 0 Å². The molecule has 1 heterocycles. The molecule has 0 aliphatic heterocycles. The Hall–Kier alpha value is -0.680. The van der Waals surface area contributed by atoms with Gasteiger partial charge in [-0.3, -0.25) is 0 Å². The monoisotopic (exact) mass is 299 g/mol. The molecule has 2 rings (SSSR count). The minimum atomic E-state index is 0.517. The summed E-state index contributed by atoms with van der Waals surface area (Å²) in [6.45, 7) is 3.58. The van der Waals surface area contributed by atoms with Crippen molar-refractivity contribution in [2.45, 2.75) is 38.7 Å². The number of halogens is 1. The van der Waals surface area contributed by atoms with Gasteiger partial charge in [-0.1, -0.05) is 6.92 Å². The van der Waals surface area contributed by atoms with Crippen LogP contribution in [0, 0.1) is 0 Å². The van der Waals surface area contributed by atoms with Gasteiger partial charge in [0.05, 0.1) is 16.8 Å².